The minimum absolute atomic E-state index is 0.0254. The number of anilines is 1. The van der Waals surface area contributed by atoms with Gasteiger partial charge >= 0.3 is 0 Å². The van der Waals surface area contributed by atoms with Gasteiger partial charge in [-0.15, -0.1) is 0 Å². The number of nitrogens with zero attached hydrogens (tertiary/aromatic N) is 2. The molecule has 0 bridgehead atoms. The van der Waals surface area contributed by atoms with Gasteiger partial charge in [0.2, 0.25) is 5.91 Å². The third kappa shape index (κ3) is 4.56. The lowest BCUT2D eigenvalue weighted by atomic mass is 10.2. The summed E-state index contributed by atoms with van der Waals surface area (Å²) in [5, 5.41) is 1.09. The van der Waals surface area contributed by atoms with Crippen LogP contribution in [0.25, 0.3) is 10.9 Å². The molecule has 0 fully saturated rings. The monoisotopic (exact) mass is 466 g/mol. The first-order valence-electron chi connectivity index (χ1n) is 10.1. The van der Waals surface area contributed by atoms with Gasteiger partial charge in [-0.3, -0.25) is 4.79 Å². The molecule has 0 spiro atoms. The Hall–Kier alpha value is -3.09. The van der Waals surface area contributed by atoms with Crippen LogP contribution in [0.3, 0.4) is 0 Å². The zero-order valence-electron chi connectivity index (χ0n) is 17.8. The molecule has 0 aliphatic heterocycles. The number of hydrogen-bond acceptors (Lipinski definition) is 3. The number of benzene rings is 3. The van der Waals surface area contributed by atoms with Crippen molar-refractivity contribution in [3.63, 3.8) is 0 Å². The van der Waals surface area contributed by atoms with Crippen LogP contribution in [0.5, 0.6) is 0 Å². The van der Waals surface area contributed by atoms with Gasteiger partial charge < -0.3 is 9.47 Å². The first kappa shape index (κ1) is 22.1. The Kier molecular flexibility index (Phi) is 6.09. The Morgan fingerprint density at radius 3 is 2.50 bits per heavy atom. The molecule has 0 aliphatic carbocycles. The third-order valence-corrected chi connectivity index (χ3v) is 7.35. The highest BCUT2D eigenvalue weighted by Gasteiger charge is 2.23. The van der Waals surface area contributed by atoms with Crippen molar-refractivity contribution in [1.82, 2.24) is 4.57 Å². The van der Waals surface area contributed by atoms with Crippen molar-refractivity contribution >= 4 is 43.9 Å². The number of carbonyl (C=O) groups excluding carboxylic acids is 1. The van der Waals surface area contributed by atoms with Crippen LogP contribution >= 0.6 is 11.6 Å². The second kappa shape index (κ2) is 8.81. The number of sulfone groups is 1. The largest absolute Gasteiger partial charge is 0.337 e. The SMILES string of the molecule is Cc1cccc(N(C)C(=O)Cn2cc(S(=O)(=O)Cc3cccc(Cl)c3)c3ccccc32)c1. The third-order valence-electron chi connectivity index (χ3n) is 5.40. The lowest BCUT2D eigenvalue weighted by molar-refractivity contribution is -0.118. The van der Waals surface area contributed by atoms with E-state index in [1.165, 1.54) is 0 Å². The number of aryl methyl sites for hydroxylation is 1. The predicted molar refractivity (Wildman–Crippen MR) is 129 cm³/mol. The van der Waals surface area contributed by atoms with Crippen LogP contribution in [-0.2, 0) is 26.9 Å². The van der Waals surface area contributed by atoms with E-state index < -0.39 is 9.84 Å². The van der Waals surface area contributed by atoms with Crippen LogP contribution in [-0.4, -0.2) is 25.9 Å². The molecule has 0 saturated heterocycles. The normalized spacial score (nSPS) is 11.6. The molecule has 0 N–H and O–H groups in total. The number of rotatable bonds is 6. The maximum atomic E-state index is 13.3. The Morgan fingerprint density at radius 1 is 1.00 bits per heavy atom. The zero-order valence-corrected chi connectivity index (χ0v) is 19.4. The van der Waals surface area contributed by atoms with E-state index in [1.54, 1.807) is 59.1 Å². The van der Waals surface area contributed by atoms with E-state index in [9.17, 15) is 13.2 Å². The van der Waals surface area contributed by atoms with E-state index >= 15 is 0 Å². The zero-order chi connectivity index (χ0) is 22.9. The van der Waals surface area contributed by atoms with Crippen LogP contribution in [0, 0.1) is 6.92 Å². The Balaban J connectivity index is 1.68. The fourth-order valence-electron chi connectivity index (χ4n) is 3.75. The number of fused-ring (bicyclic) bond motifs is 1. The number of para-hydroxylation sites is 1. The molecule has 5 nitrogen and oxygen atoms in total. The van der Waals surface area contributed by atoms with Crippen molar-refractivity contribution in [2.75, 3.05) is 11.9 Å². The van der Waals surface area contributed by atoms with Crippen LogP contribution in [0.4, 0.5) is 5.69 Å². The molecule has 1 heterocycles. The number of carbonyl (C=O) groups is 1. The molecule has 1 aromatic heterocycles. The summed E-state index contributed by atoms with van der Waals surface area (Å²) in [7, 11) is -1.93. The molecule has 32 heavy (non-hydrogen) atoms. The van der Waals surface area contributed by atoms with Crippen LogP contribution in [0.2, 0.25) is 5.02 Å². The summed E-state index contributed by atoms with van der Waals surface area (Å²) in [5.74, 6) is -0.311. The van der Waals surface area contributed by atoms with Crippen molar-refractivity contribution in [1.29, 1.82) is 0 Å². The summed E-state index contributed by atoms with van der Waals surface area (Å²) in [6.07, 6.45) is 1.56. The van der Waals surface area contributed by atoms with Crippen molar-refractivity contribution < 1.29 is 13.2 Å². The molecular weight excluding hydrogens is 444 g/mol. The van der Waals surface area contributed by atoms with E-state index in [0.29, 0.717) is 21.5 Å². The van der Waals surface area contributed by atoms with Crippen molar-refractivity contribution in [2.45, 2.75) is 24.1 Å². The maximum Gasteiger partial charge on any atom is 0.246 e. The second-order valence-electron chi connectivity index (χ2n) is 7.82. The summed E-state index contributed by atoms with van der Waals surface area (Å²) in [6, 6.07) is 21.7. The van der Waals surface area contributed by atoms with Crippen molar-refractivity contribution in [3.05, 3.63) is 95.1 Å². The molecule has 4 aromatic rings. The van der Waals surface area contributed by atoms with Gasteiger partial charge in [0.05, 0.1) is 10.6 Å². The summed E-state index contributed by atoms with van der Waals surface area (Å²) in [6.45, 7) is 2.00. The molecule has 164 valence electrons. The number of likely N-dealkylation sites (N-methyl/N-ethyl adjacent to an activating group) is 1. The van der Waals surface area contributed by atoms with Gasteiger partial charge in [-0.1, -0.05) is 54.1 Å². The van der Waals surface area contributed by atoms with Gasteiger partial charge in [-0.25, -0.2) is 8.42 Å². The molecule has 0 aliphatic rings. The number of halogens is 1. The average Bonchev–Trinajstić information content (AvgIpc) is 3.12. The topological polar surface area (TPSA) is 59.4 Å². The van der Waals surface area contributed by atoms with E-state index in [2.05, 4.69) is 0 Å². The fourth-order valence-corrected chi connectivity index (χ4v) is 5.53. The Bertz CT molecular complexity index is 1410. The molecule has 1 amide bonds. The molecule has 0 saturated carbocycles. The molecule has 0 atom stereocenters. The molecule has 0 unspecified atom stereocenters. The lowest BCUT2D eigenvalue weighted by Gasteiger charge is -2.18. The van der Waals surface area contributed by atoms with E-state index in [4.69, 9.17) is 11.6 Å². The molecule has 7 heteroatoms. The number of amides is 1. The minimum Gasteiger partial charge on any atom is -0.337 e. The van der Waals surface area contributed by atoms with Crippen LogP contribution in [0.1, 0.15) is 11.1 Å². The van der Waals surface area contributed by atoms with Crippen molar-refractivity contribution in [2.24, 2.45) is 0 Å². The van der Waals surface area contributed by atoms with E-state index in [-0.39, 0.29) is 23.1 Å². The molecule has 3 aromatic carbocycles. The van der Waals surface area contributed by atoms with Crippen molar-refractivity contribution in [3.8, 4) is 0 Å². The molecule has 4 rings (SSSR count). The van der Waals surface area contributed by atoms with Gasteiger partial charge in [-0.2, -0.15) is 0 Å². The minimum atomic E-state index is -3.65. The van der Waals surface area contributed by atoms with Crippen LogP contribution in [0.15, 0.2) is 83.9 Å². The second-order valence-corrected chi connectivity index (χ2v) is 10.2. The van der Waals surface area contributed by atoms with Crippen LogP contribution < -0.4 is 4.90 Å². The first-order chi connectivity index (χ1) is 15.2. The summed E-state index contributed by atoms with van der Waals surface area (Å²) >= 11 is 6.02. The predicted octanol–water partition coefficient (Wildman–Crippen LogP) is 5.24. The fraction of sp³-hybridized carbons (Fsp3) is 0.160. The molecular formula is C25H23ClN2O3S. The molecule has 0 radical (unpaired) electrons. The van der Waals surface area contributed by atoms with Gasteiger partial charge in [0.1, 0.15) is 6.54 Å². The van der Waals surface area contributed by atoms with Gasteiger partial charge in [0, 0.05) is 34.9 Å². The summed E-state index contributed by atoms with van der Waals surface area (Å²) in [4.78, 5) is 14.8. The first-order valence-corrected chi connectivity index (χ1v) is 12.2. The summed E-state index contributed by atoms with van der Waals surface area (Å²) in [5.41, 5.74) is 3.16. The standard InChI is InChI=1S/C25H23ClN2O3S/c1-18-7-5-10-21(13-18)27(2)25(29)16-28-15-24(22-11-3-4-12-23(22)28)32(30,31)17-19-8-6-9-20(26)14-19/h3-15H,16-17H2,1-2H3. The van der Waals surface area contributed by atoms with Gasteiger partial charge in [-0.05, 0) is 48.4 Å². The highest BCUT2D eigenvalue weighted by Crippen LogP contribution is 2.29. The highest BCUT2D eigenvalue weighted by molar-refractivity contribution is 7.90. The smallest absolute Gasteiger partial charge is 0.246 e. The highest BCUT2D eigenvalue weighted by atomic mass is 35.5. The Labute approximate surface area is 192 Å². The van der Waals surface area contributed by atoms with Gasteiger partial charge in [0.15, 0.2) is 9.84 Å². The lowest BCUT2D eigenvalue weighted by Crippen LogP contribution is -2.29. The van der Waals surface area contributed by atoms with E-state index in [0.717, 1.165) is 11.3 Å². The quantitative estimate of drug-likeness (QED) is 0.390. The average molecular weight is 467 g/mol. The number of hydrogen-bond donors (Lipinski definition) is 0. The number of aromatic nitrogens is 1. The van der Waals surface area contributed by atoms with Gasteiger partial charge in [0.25, 0.3) is 0 Å². The Morgan fingerprint density at radius 2 is 1.75 bits per heavy atom. The summed E-state index contributed by atoms with van der Waals surface area (Å²) < 4.78 is 28.2. The van der Waals surface area contributed by atoms with E-state index in [1.807, 2.05) is 43.3 Å². The maximum absolute atomic E-state index is 13.3.